The quantitative estimate of drug-likeness (QED) is 0.822. The summed E-state index contributed by atoms with van der Waals surface area (Å²) in [5.41, 5.74) is 0.789. The van der Waals surface area contributed by atoms with Gasteiger partial charge in [-0.05, 0) is 33.9 Å². The average molecular weight is 282 g/mol. The molecule has 6 nitrogen and oxygen atoms in total. The van der Waals surface area contributed by atoms with E-state index in [9.17, 15) is 9.59 Å². The zero-order valence-electron chi connectivity index (χ0n) is 12.5. The van der Waals surface area contributed by atoms with Crippen molar-refractivity contribution in [1.29, 1.82) is 0 Å². The molecular weight excluding hydrogens is 260 g/mol. The number of aromatic carboxylic acids is 1. The highest BCUT2D eigenvalue weighted by Crippen LogP contribution is 2.16. The Balaban J connectivity index is 2.64. The van der Waals surface area contributed by atoms with E-state index in [-0.39, 0.29) is 11.7 Å². The van der Waals surface area contributed by atoms with Gasteiger partial charge in [-0.3, -0.25) is 9.69 Å². The fourth-order valence-corrected chi connectivity index (χ4v) is 2.04. The number of carbonyl (C=O) groups excluding carboxylic acids is 1. The van der Waals surface area contributed by atoms with Gasteiger partial charge in [-0.15, -0.1) is 0 Å². The number of likely N-dealkylation sites (N-methyl/N-ethyl adjacent to an activating group) is 2. The molecule has 6 heteroatoms. The second kappa shape index (κ2) is 7.09. The highest BCUT2D eigenvalue weighted by Gasteiger charge is 2.17. The molecule has 1 rings (SSSR count). The lowest BCUT2D eigenvalue weighted by atomic mass is 10.2. The van der Waals surface area contributed by atoms with Crippen LogP contribution in [0.3, 0.4) is 0 Å². The molecule has 0 spiro atoms. The summed E-state index contributed by atoms with van der Waals surface area (Å²) in [5, 5.41) is 8.87. The van der Waals surface area contributed by atoms with E-state index in [4.69, 9.17) is 9.52 Å². The number of aryl methyl sites for hydroxylation is 1. The standard InChI is InChI=1S/C14H22N2O4/c1-5-16(6-2)13(17)9-15(4)8-11-7-12(14(18)19)20-10(11)3/h7H,5-6,8-9H2,1-4H3,(H,18,19). The molecule has 0 aliphatic carbocycles. The van der Waals surface area contributed by atoms with Crippen molar-refractivity contribution >= 4 is 11.9 Å². The van der Waals surface area contributed by atoms with Gasteiger partial charge in [0.2, 0.25) is 11.7 Å². The molecular formula is C14H22N2O4. The first-order valence-corrected chi connectivity index (χ1v) is 6.67. The predicted octanol–water partition coefficient (Wildman–Crippen LogP) is 1.59. The average Bonchev–Trinajstić information content (AvgIpc) is 2.72. The number of amides is 1. The molecule has 1 amide bonds. The van der Waals surface area contributed by atoms with E-state index in [1.807, 2.05) is 25.8 Å². The van der Waals surface area contributed by atoms with Gasteiger partial charge in [0.1, 0.15) is 5.76 Å². The van der Waals surface area contributed by atoms with Crippen molar-refractivity contribution in [3.8, 4) is 0 Å². The van der Waals surface area contributed by atoms with Crippen LogP contribution in [0.25, 0.3) is 0 Å². The zero-order valence-corrected chi connectivity index (χ0v) is 12.5. The maximum Gasteiger partial charge on any atom is 0.371 e. The number of furan rings is 1. The van der Waals surface area contributed by atoms with Crippen molar-refractivity contribution in [3.05, 3.63) is 23.2 Å². The first kappa shape index (κ1) is 16.2. The number of nitrogens with zero attached hydrogens (tertiary/aromatic N) is 2. The minimum absolute atomic E-state index is 0.0668. The second-order valence-corrected chi connectivity index (χ2v) is 4.74. The van der Waals surface area contributed by atoms with Gasteiger partial charge >= 0.3 is 5.97 Å². The van der Waals surface area contributed by atoms with E-state index in [0.717, 1.165) is 5.56 Å². The van der Waals surface area contributed by atoms with Gasteiger partial charge in [-0.25, -0.2) is 4.79 Å². The Kier molecular flexibility index (Phi) is 5.76. The van der Waals surface area contributed by atoms with Gasteiger partial charge < -0.3 is 14.4 Å². The maximum atomic E-state index is 12.0. The van der Waals surface area contributed by atoms with Gasteiger partial charge in [0.25, 0.3) is 0 Å². The van der Waals surface area contributed by atoms with Crippen LogP contribution in [-0.2, 0) is 11.3 Å². The lowest BCUT2D eigenvalue weighted by Crippen LogP contribution is -2.38. The first-order chi connectivity index (χ1) is 9.38. The first-order valence-electron chi connectivity index (χ1n) is 6.67. The molecule has 0 fully saturated rings. The van der Waals surface area contributed by atoms with Gasteiger partial charge in [0.05, 0.1) is 6.54 Å². The van der Waals surface area contributed by atoms with E-state index in [2.05, 4.69) is 0 Å². The van der Waals surface area contributed by atoms with Crippen molar-refractivity contribution in [2.24, 2.45) is 0 Å². The summed E-state index contributed by atoms with van der Waals surface area (Å²) in [5.74, 6) is -0.510. The Bertz CT molecular complexity index is 478. The number of hydrogen-bond donors (Lipinski definition) is 1. The molecule has 1 heterocycles. The van der Waals surface area contributed by atoms with Crippen molar-refractivity contribution in [2.75, 3.05) is 26.7 Å². The third-order valence-corrected chi connectivity index (χ3v) is 3.19. The van der Waals surface area contributed by atoms with Crippen LogP contribution in [0.2, 0.25) is 0 Å². The minimum Gasteiger partial charge on any atom is -0.475 e. The summed E-state index contributed by atoms with van der Waals surface area (Å²) < 4.78 is 5.15. The van der Waals surface area contributed by atoms with Crippen molar-refractivity contribution in [2.45, 2.75) is 27.3 Å². The summed E-state index contributed by atoms with van der Waals surface area (Å²) in [6, 6.07) is 1.51. The maximum absolute atomic E-state index is 12.0. The van der Waals surface area contributed by atoms with Crippen LogP contribution in [0, 0.1) is 6.92 Å². The molecule has 0 radical (unpaired) electrons. The van der Waals surface area contributed by atoms with E-state index >= 15 is 0 Å². The van der Waals surface area contributed by atoms with Crippen LogP contribution in [0.4, 0.5) is 0 Å². The molecule has 0 bridgehead atoms. The number of carboxylic acid groups (broad SMARTS) is 1. The van der Waals surface area contributed by atoms with E-state index in [0.29, 0.717) is 31.9 Å². The molecule has 0 aromatic carbocycles. The van der Waals surface area contributed by atoms with E-state index < -0.39 is 5.97 Å². The fourth-order valence-electron chi connectivity index (χ4n) is 2.04. The van der Waals surface area contributed by atoms with Gasteiger partial charge in [0.15, 0.2) is 0 Å². The number of carbonyl (C=O) groups is 2. The Morgan fingerprint density at radius 2 is 1.90 bits per heavy atom. The van der Waals surface area contributed by atoms with Gasteiger partial charge in [-0.1, -0.05) is 0 Å². The molecule has 0 unspecified atom stereocenters. The highest BCUT2D eigenvalue weighted by atomic mass is 16.4. The molecule has 1 aromatic heterocycles. The largest absolute Gasteiger partial charge is 0.475 e. The van der Waals surface area contributed by atoms with E-state index in [1.165, 1.54) is 6.07 Å². The van der Waals surface area contributed by atoms with Crippen LogP contribution in [0.15, 0.2) is 10.5 Å². The minimum atomic E-state index is -1.08. The molecule has 0 atom stereocenters. The normalized spacial score (nSPS) is 10.8. The number of carboxylic acids is 1. The topological polar surface area (TPSA) is 74.0 Å². The molecule has 0 saturated heterocycles. The Labute approximate surface area is 119 Å². The third-order valence-electron chi connectivity index (χ3n) is 3.19. The summed E-state index contributed by atoms with van der Waals surface area (Å²) in [4.78, 5) is 26.4. The van der Waals surface area contributed by atoms with Crippen molar-refractivity contribution < 1.29 is 19.1 Å². The SMILES string of the molecule is CCN(CC)C(=O)CN(C)Cc1cc(C(=O)O)oc1C. The third kappa shape index (κ3) is 4.09. The van der Waals surface area contributed by atoms with Crippen LogP contribution < -0.4 is 0 Å². The molecule has 0 saturated carbocycles. The number of hydrogen-bond acceptors (Lipinski definition) is 4. The summed E-state index contributed by atoms with van der Waals surface area (Å²) in [7, 11) is 1.83. The Morgan fingerprint density at radius 3 is 2.35 bits per heavy atom. The number of rotatable bonds is 7. The molecule has 1 aromatic rings. The summed E-state index contributed by atoms with van der Waals surface area (Å²) in [6.07, 6.45) is 0. The predicted molar refractivity (Wildman–Crippen MR) is 74.7 cm³/mol. The molecule has 0 aliphatic heterocycles. The molecule has 0 aliphatic rings. The van der Waals surface area contributed by atoms with Crippen LogP contribution in [0.1, 0.15) is 35.7 Å². The Morgan fingerprint density at radius 1 is 1.30 bits per heavy atom. The summed E-state index contributed by atoms with van der Waals surface area (Å²) >= 11 is 0. The monoisotopic (exact) mass is 282 g/mol. The van der Waals surface area contributed by atoms with Gasteiger partial charge in [0, 0.05) is 25.2 Å². The molecule has 112 valence electrons. The van der Waals surface area contributed by atoms with Crippen molar-refractivity contribution in [1.82, 2.24) is 9.80 Å². The van der Waals surface area contributed by atoms with E-state index in [1.54, 1.807) is 11.8 Å². The molecule has 1 N–H and O–H groups in total. The summed E-state index contributed by atoms with van der Waals surface area (Å²) in [6.45, 7) is 7.78. The lowest BCUT2D eigenvalue weighted by molar-refractivity contribution is -0.131. The smallest absolute Gasteiger partial charge is 0.371 e. The van der Waals surface area contributed by atoms with Crippen LogP contribution in [0.5, 0.6) is 0 Å². The van der Waals surface area contributed by atoms with Crippen molar-refractivity contribution in [3.63, 3.8) is 0 Å². The zero-order chi connectivity index (χ0) is 15.3. The van der Waals surface area contributed by atoms with Gasteiger partial charge in [-0.2, -0.15) is 0 Å². The fraction of sp³-hybridized carbons (Fsp3) is 0.571. The van der Waals surface area contributed by atoms with Crippen LogP contribution in [-0.4, -0.2) is 53.5 Å². The lowest BCUT2D eigenvalue weighted by Gasteiger charge is -2.22. The Hall–Kier alpha value is -1.82. The second-order valence-electron chi connectivity index (χ2n) is 4.74. The highest BCUT2D eigenvalue weighted by molar-refractivity contribution is 5.84. The molecule has 20 heavy (non-hydrogen) atoms. The van der Waals surface area contributed by atoms with Crippen LogP contribution >= 0.6 is 0 Å².